The molecule has 0 heterocycles. The minimum atomic E-state index is 0.0450. The predicted molar refractivity (Wildman–Crippen MR) is 89.5 cm³/mol. The van der Waals surface area contributed by atoms with Gasteiger partial charge in [0, 0.05) is 17.6 Å². The number of carbonyl (C=O) groups excluding carboxylic acids is 1. The Morgan fingerprint density at radius 3 is 2.14 bits per heavy atom. The van der Waals surface area contributed by atoms with Gasteiger partial charge in [-0.2, -0.15) is 0 Å². The topological polar surface area (TPSA) is 20.3 Å². The number of benzene rings is 1. The van der Waals surface area contributed by atoms with Crippen LogP contribution in [0, 0.1) is 17.8 Å². The SMILES string of the molecule is CN(C(=O)c1ccc(Cl)cc1Cl)C12CC3CC(CC(C3)C1)C2. The van der Waals surface area contributed by atoms with E-state index in [4.69, 9.17) is 23.2 Å². The van der Waals surface area contributed by atoms with Crippen LogP contribution >= 0.6 is 23.2 Å². The van der Waals surface area contributed by atoms with E-state index in [1.165, 1.54) is 38.5 Å². The van der Waals surface area contributed by atoms with E-state index in [-0.39, 0.29) is 11.4 Å². The fraction of sp³-hybridized carbons (Fsp3) is 0.611. The van der Waals surface area contributed by atoms with Crippen molar-refractivity contribution >= 4 is 29.1 Å². The molecule has 0 atom stereocenters. The van der Waals surface area contributed by atoms with Crippen molar-refractivity contribution in [3.63, 3.8) is 0 Å². The third-order valence-corrected chi connectivity index (χ3v) is 6.73. The van der Waals surface area contributed by atoms with Crippen LogP contribution in [0.15, 0.2) is 18.2 Å². The molecule has 0 N–H and O–H groups in total. The highest BCUT2D eigenvalue weighted by atomic mass is 35.5. The molecule has 0 radical (unpaired) electrons. The van der Waals surface area contributed by atoms with Crippen LogP contribution in [0.3, 0.4) is 0 Å². The maximum Gasteiger partial charge on any atom is 0.255 e. The minimum Gasteiger partial charge on any atom is -0.336 e. The summed E-state index contributed by atoms with van der Waals surface area (Å²) in [6, 6.07) is 5.15. The molecule has 4 bridgehead atoms. The number of hydrogen-bond acceptors (Lipinski definition) is 1. The molecule has 22 heavy (non-hydrogen) atoms. The van der Waals surface area contributed by atoms with E-state index < -0.39 is 0 Å². The highest BCUT2D eigenvalue weighted by Crippen LogP contribution is 2.57. The molecule has 5 rings (SSSR count). The van der Waals surface area contributed by atoms with Crippen molar-refractivity contribution in [3.05, 3.63) is 33.8 Å². The summed E-state index contributed by atoms with van der Waals surface area (Å²) in [5, 5.41) is 1.02. The third kappa shape index (κ3) is 2.27. The molecule has 1 aromatic carbocycles. The van der Waals surface area contributed by atoms with Gasteiger partial charge in [-0.25, -0.2) is 0 Å². The Kier molecular flexibility index (Phi) is 3.47. The van der Waals surface area contributed by atoms with Crippen LogP contribution in [0.25, 0.3) is 0 Å². The first-order valence-corrected chi connectivity index (χ1v) is 8.96. The first kappa shape index (κ1) is 14.8. The molecule has 0 spiro atoms. The van der Waals surface area contributed by atoms with Crippen LogP contribution in [0.4, 0.5) is 0 Å². The van der Waals surface area contributed by atoms with Crippen LogP contribution in [0.1, 0.15) is 48.9 Å². The highest BCUT2D eigenvalue weighted by Gasteiger charge is 2.53. The standard InChI is InChI=1S/C18H21Cl2NO/c1-21(17(22)15-3-2-14(19)7-16(15)20)18-8-11-4-12(9-18)6-13(5-11)10-18/h2-3,7,11-13H,4-6,8-10H2,1H3. The van der Waals surface area contributed by atoms with Crippen molar-refractivity contribution in [1.82, 2.24) is 4.90 Å². The van der Waals surface area contributed by atoms with Gasteiger partial charge in [-0.1, -0.05) is 23.2 Å². The fourth-order valence-electron chi connectivity index (χ4n) is 5.53. The summed E-state index contributed by atoms with van der Waals surface area (Å²) in [4.78, 5) is 15.0. The summed E-state index contributed by atoms with van der Waals surface area (Å²) in [6.45, 7) is 0. The zero-order valence-electron chi connectivity index (χ0n) is 12.8. The van der Waals surface area contributed by atoms with Gasteiger partial charge in [0.1, 0.15) is 0 Å². The van der Waals surface area contributed by atoms with E-state index in [9.17, 15) is 4.79 Å². The van der Waals surface area contributed by atoms with Gasteiger partial charge in [0.15, 0.2) is 0 Å². The van der Waals surface area contributed by atoms with E-state index in [0.717, 1.165) is 17.8 Å². The number of amides is 1. The van der Waals surface area contributed by atoms with Crippen molar-refractivity contribution in [1.29, 1.82) is 0 Å². The van der Waals surface area contributed by atoms with Gasteiger partial charge in [0.25, 0.3) is 5.91 Å². The Balaban J connectivity index is 1.63. The molecule has 4 heteroatoms. The fourth-order valence-corrected chi connectivity index (χ4v) is 6.02. The average Bonchev–Trinajstić information content (AvgIpc) is 2.44. The maximum absolute atomic E-state index is 13.0. The normalized spacial score (nSPS) is 35.7. The lowest BCUT2D eigenvalue weighted by atomic mass is 9.52. The number of rotatable bonds is 2. The highest BCUT2D eigenvalue weighted by molar-refractivity contribution is 6.36. The minimum absolute atomic E-state index is 0.0450. The van der Waals surface area contributed by atoms with Gasteiger partial charge in [-0.3, -0.25) is 4.79 Å². The number of hydrogen-bond donors (Lipinski definition) is 0. The van der Waals surface area contributed by atoms with Gasteiger partial charge in [-0.05, 0) is 74.5 Å². The molecule has 0 saturated heterocycles. The van der Waals surface area contributed by atoms with Crippen LogP contribution < -0.4 is 0 Å². The molecule has 0 aliphatic heterocycles. The second kappa shape index (κ2) is 5.14. The Morgan fingerprint density at radius 2 is 1.64 bits per heavy atom. The van der Waals surface area contributed by atoms with Crippen molar-refractivity contribution in [2.75, 3.05) is 7.05 Å². The first-order chi connectivity index (χ1) is 10.5. The zero-order chi connectivity index (χ0) is 15.5. The van der Waals surface area contributed by atoms with E-state index in [2.05, 4.69) is 0 Å². The largest absolute Gasteiger partial charge is 0.336 e. The predicted octanol–water partition coefficient (Wildman–Crippen LogP) is 5.03. The number of nitrogens with zero attached hydrogens (tertiary/aromatic N) is 1. The van der Waals surface area contributed by atoms with Crippen LogP contribution in [0.2, 0.25) is 10.0 Å². The van der Waals surface area contributed by atoms with Crippen LogP contribution in [-0.2, 0) is 0 Å². The molecule has 1 aromatic rings. The molecule has 2 nitrogen and oxygen atoms in total. The Bertz CT molecular complexity index is 592. The summed E-state index contributed by atoms with van der Waals surface area (Å²) in [7, 11) is 1.97. The molecule has 4 saturated carbocycles. The van der Waals surface area contributed by atoms with Crippen molar-refractivity contribution < 1.29 is 4.79 Å². The molecular formula is C18H21Cl2NO. The van der Waals surface area contributed by atoms with E-state index in [1.807, 2.05) is 11.9 Å². The third-order valence-electron chi connectivity index (χ3n) is 6.18. The second-order valence-corrected chi connectivity index (χ2v) is 8.47. The monoisotopic (exact) mass is 337 g/mol. The number of carbonyl (C=O) groups is 1. The summed E-state index contributed by atoms with van der Waals surface area (Å²) in [5.74, 6) is 2.51. The van der Waals surface area contributed by atoms with E-state index in [1.54, 1.807) is 18.2 Å². The molecule has 4 aliphatic rings. The van der Waals surface area contributed by atoms with Gasteiger partial charge < -0.3 is 4.90 Å². The lowest BCUT2D eigenvalue weighted by Gasteiger charge is -2.59. The molecule has 0 unspecified atom stereocenters. The van der Waals surface area contributed by atoms with Gasteiger partial charge in [0.05, 0.1) is 10.6 Å². The summed E-state index contributed by atoms with van der Waals surface area (Å²) in [6.07, 6.45) is 7.65. The Labute approximate surface area is 141 Å². The smallest absolute Gasteiger partial charge is 0.255 e. The maximum atomic E-state index is 13.0. The molecule has 4 aliphatic carbocycles. The second-order valence-electron chi connectivity index (χ2n) is 7.63. The molecule has 0 aromatic heterocycles. The quantitative estimate of drug-likeness (QED) is 0.740. The van der Waals surface area contributed by atoms with Crippen LogP contribution in [0.5, 0.6) is 0 Å². The van der Waals surface area contributed by atoms with Crippen molar-refractivity contribution in [2.45, 2.75) is 44.1 Å². The van der Waals surface area contributed by atoms with Crippen LogP contribution in [-0.4, -0.2) is 23.4 Å². The summed E-state index contributed by atoms with van der Waals surface area (Å²) < 4.78 is 0. The number of halogens is 2. The Morgan fingerprint density at radius 1 is 1.09 bits per heavy atom. The van der Waals surface area contributed by atoms with E-state index in [0.29, 0.717) is 15.6 Å². The van der Waals surface area contributed by atoms with Crippen molar-refractivity contribution in [2.24, 2.45) is 17.8 Å². The van der Waals surface area contributed by atoms with Gasteiger partial charge in [-0.15, -0.1) is 0 Å². The molecule has 1 amide bonds. The summed E-state index contributed by atoms with van der Waals surface area (Å²) in [5.41, 5.74) is 0.638. The average molecular weight is 338 g/mol. The van der Waals surface area contributed by atoms with E-state index >= 15 is 0 Å². The van der Waals surface area contributed by atoms with Crippen molar-refractivity contribution in [3.8, 4) is 0 Å². The first-order valence-electron chi connectivity index (χ1n) is 8.20. The van der Waals surface area contributed by atoms with Gasteiger partial charge >= 0.3 is 0 Å². The van der Waals surface area contributed by atoms with Gasteiger partial charge in [0.2, 0.25) is 0 Å². The molecular weight excluding hydrogens is 317 g/mol. The molecule has 4 fully saturated rings. The lowest BCUT2D eigenvalue weighted by molar-refractivity contribution is -0.0665. The molecule has 118 valence electrons. The Hall–Kier alpha value is -0.730. The lowest BCUT2D eigenvalue weighted by Crippen LogP contribution is -2.60. The zero-order valence-corrected chi connectivity index (χ0v) is 14.3. The summed E-state index contributed by atoms with van der Waals surface area (Å²) >= 11 is 12.2.